The van der Waals surface area contributed by atoms with Crippen LogP contribution in [0.5, 0.6) is 0 Å². The quantitative estimate of drug-likeness (QED) is 0.647. The van der Waals surface area contributed by atoms with E-state index in [0.717, 1.165) is 25.0 Å². The van der Waals surface area contributed by atoms with E-state index in [0.29, 0.717) is 6.61 Å². The van der Waals surface area contributed by atoms with Gasteiger partial charge in [-0.1, -0.05) is 17.7 Å². The molecule has 1 aliphatic rings. The maximum Gasteiger partial charge on any atom is 0.142 e. The lowest BCUT2D eigenvalue weighted by atomic mass is 9.89. The third-order valence-electron chi connectivity index (χ3n) is 3.15. The van der Waals surface area contributed by atoms with E-state index in [4.69, 9.17) is 22.2 Å². The molecule has 1 aromatic carbocycles. The molecule has 1 aliphatic heterocycles. The van der Waals surface area contributed by atoms with Gasteiger partial charge in [0.1, 0.15) is 5.82 Å². The fraction of sp³-hybridized carbons (Fsp3) is 0.500. The molecule has 17 heavy (non-hydrogen) atoms. The normalized spacial score (nSPS) is 22.4. The summed E-state index contributed by atoms with van der Waals surface area (Å²) in [6.45, 7) is 1.45. The van der Waals surface area contributed by atoms with Crippen LogP contribution in [0.1, 0.15) is 24.4 Å². The highest BCUT2D eigenvalue weighted by Crippen LogP contribution is 2.29. The first kappa shape index (κ1) is 12.8. The minimum Gasteiger partial charge on any atom is -0.381 e. The summed E-state index contributed by atoms with van der Waals surface area (Å²) in [5.74, 6) is 5.42. The van der Waals surface area contributed by atoms with E-state index in [1.54, 1.807) is 12.1 Å². The molecule has 2 atom stereocenters. The lowest BCUT2D eigenvalue weighted by molar-refractivity contribution is 0.0390. The van der Waals surface area contributed by atoms with Gasteiger partial charge in [0.15, 0.2) is 0 Å². The molecule has 3 nitrogen and oxygen atoms in total. The van der Waals surface area contributed by atoms with Crippen LogP contribution in [0.3, 0.4) is 0 Å². The second-order valence-corrected chi connectivity index (χ2v) is 4.70. The van der Waals surface area contributed by atoms with Crippen molar-refractivity contribution < 1.29 is 9.13 Å². The Bertz CT molecular complexity index is 383. The van der Waals surface area contributed by atoms with Crippen molar-refractivity contribution in [1.82, 2.24) is 5.43 Å². The number of rotatable bonds is 3. The predicted octanol–water partition coefficient (Wildman–Crippen LogP) is 2.41. The molecule has 0 spiro atoms. The van der Waals surface area contributed by atoms with Gasteiger partial charge in [0.25, 0.3) is 0 Å². The van der Waals surface area contributed by atoms with Gasteiger partial charge >= 0.3 is 0 Å². The molecule has 2 rings (SSSR count). The Balaban J connectivity index is 2.18. The van der Waals surface area contributed by atoms with E-state index < -0.39 is 5.82 Å². The van der Waals surface area contributed by atoms with Crippen molar-refractivity contribution in [3.63, 3.8) is 0 Å². The summed E-state index contributed by atoms with van der Waals surface area (Å²) in [6.07, 6.45) is 2.04. The summed E-state index contributed by atoms with van der Waals surface area (Å²) in [5.41, 5.74) is 3.56. The SMILES string of the molecule is NNC(c1ccc(Cl)c(F)c1)C1CCCOC1. The van der Waals surface area contributed by atoms with Gasteiger partial charge in [-0.15, -0.1) is 0 Å². The summed E-state index contributed by atoms with van der Waals surface area (Å²) in [7, 11) is 0. The molecule has 0 aromatic heterocycles. The van der Waals surface area contributed by atoms with Crippen molar-refractivity contribution in [3.05, 3.63) is 34.6 Å². The molecule has 1 fully saturated rings. The van der Waals surface area contributed by atoms with E-state index >= 15 is 0 Å². The molecular formula is C12H16ClFN2O. The molecule has 2 unspecified atom stereocenters. The van der Waals surface area contributed by atoms with E-state index in [1.165, 1.54) is 6.07 Å². The summed E-state index contributed by atoms with van der Waals surface area (Å²) < 4.78 is 18.8. The van der Waals surface area contributed by atoms with Crippen LogP contribution >= 0.6 is 11.6 Å². The highest BCUT2D eigenvalue weighted by atomic mass is 35.5. The molecule has 0 aliphatic carbocycles. The first-order chi connectivity index (χ1) is 8.22. The Labute approximate surface area is 105 Å². The standard InChI is InChI=1S/C12H16ClFN2O/c13-10-4-3-8(6-11(10)14)12(16-15)9-2-1-5-17-7-9/h3-4,6,9,12,16H,1-2,5,7,15H2. The van der Waals surface area contributed by atoms with Crippen molar-refractivity contribution >= 4 is 11.6 Å². The van der Waals surface area contributed by atoms with Crippen LogP contribution in [-0.4, -0.2) is 13.2 Å². The molecule has 3 N–H and O–H groups in total. The van der Waals surface area contributed by atoms with Crippen molar-refractivity contribution in [2.75, 3.05) is 13.2 Å². The zero-order valence-corrected chi connectivity index (χ0v) is 10.2. The third kappa shape index (κ3) is 2.96. The number of hydrazine groups is 1. The molecule has 0 radical (unpaired) electrons. The van der Waals surface area contributed by atoms with Crippen LogP contribution in [0.4, 0.5) is 4.39 Å². The van der Waals surface area contributed by atoms with Gasteiger partial charge in [0.05, 0.1) is 17.7 Å². The molecule has 1 heterocycles. The van der Waals surface area contributed by atoms with Gasteiger partial charge in [0, 0.05) is 12.5 Å². The average molecular weight is 259 g/mol. The largest absolute Gasteiger partial charge is 0.381 e. The second kappa shape index (κ2) is 5.78. The predicted molar refractivity (Wildman–Crippen MR) is 65.0 cm³/mol. The smallest absolute Gasteiger partial charge is 0.142 e. The Morgan fingerprint density at radius 3 is 2.94 bits per heavy atom. The molecule has 1 aromatic rings. The number of nitrogens with two attached hydrogens (primary N) is 1. The van der Waals surface area contributed by atoms with Gasteiger partial charge in [-0.3, -0.25) is 11.3 Å². The lowest BCUT2D eigenvalue weighted by Gasteiger charge is -2.30. The van der Waals surface area contributed by atoms with E-state index in [2.05, 4.69) is 5.43 Å². The minimum absolute atomic E-state index is 0.0953. The average Bonchev–Trinajstić information content (AvgIpc) is 2.36. The van der Waals surface area contributed by atoms with Crippen molar-refractivity contribution in [3.8, 4) is 0 Å². The Hall–Kier alpha value is -0.680. The van der Waals surface area contributed by atoms with Crippen LogP contribution in [0.2, 0.25) is 5.02 Å². The van der Waals surface area contributed by atoms with Crippen LogP contribution in [-0.2, 0) is 4.74 Å². The van der Waals surface area contributed by atoms with Gasteiger partial charge in [-0.05, 0) is 30.5 Å². The zero-order chi connectivity index (χ0) is 12.3. The topological polar surface area (TPSA) is 47.3 Å². The summed E-state index contributed by atoms with van der Waals surface area (Å²) in [5, 5.41) is 0.129. The Morgan fingerprint density at radius 1 is 1.53 bits per heavy atom. The molecule has 94 valence electrons. The first-order valence-corrected chi connectivity index (χ1v) is 6.09. The first-order valence-electron chi connectivity index (χ1n) is 5.71. The lowest BCUT2D eigenvalue weighted by Crippen LogP contribution is -2.37. The minimum atomic E-state index is -0.416. The second-order valence-electron chi connectivity index (χ2n) is 4.30. The fourth-order valence-corrected chi connectivity index (χ4v) is 2.36. The Kier molecular flexibility index (Phi) is 4.34. The van der Waals surface area contributed by atoms with E-state index in [-0.39, 0.29) is 17.0 Å². The molecular weight excluding hydrogens is 243 g/mol. The number of halogens is 2. The van der Waals surface area contributed by atoms with Crippen molar-refractivity contribution in [2.45, 2.75) is 18.9 Å². The number of hydrogen-bond donors (Lipinski definition) is 2. The van der Waals surface area contributed by atoms with Crippen LogP contribution < -0.4 is 11.3 Å². The van der Waals surface area contributed by atoms with Crippen molar-refractivity contribution in [2.24, 2.45) is 11.8 Å². The maximum absolute atomic E-state index is 13.4. The fourth-order valence-electron chi connectivity index (χ4n) is 2.24. The van der Waals surface area contributed by atoms with Gasteiger partial charge in [0.2, 0.25) is 0 Å². The molecule has 0 bridgehead atoms. The number of hydrogen-bond acceptors (Lipinski definition) is 3. The number of nitrogens with one attached hydrogen (secondary N) is 1. The molecule has 0 amide bonds. The summed E-state index contributed by atoms with van der Waals surface area (Å²) in [4.78, 5) is 0. The van der Waals surface area contributed by atoms with E-state index in [1.807, 2.05) is 0 Å². The highest BCUT2D eigenvalue weighted by Gasteiger charge is 2.25. The van der Waals surface area contributed by atoms with Crippen molar-refractivity contribution in [1.29, 1.82) is 0 Å². The number of benzene rings is 1. The zero-order valence-electron chi connectivity index (χ0n) is 9.46. The third-order valence-corrected chi connectivity index (χ3v) is 3.46. The van der Waals surface area contributed by atoms with Gasteiger partial charge in [-0.25, -0.2) is 4.39 Å². The summed E-state index contributed by atoms with van der Waals surface area (Å²) in [6, 6.07) is 4.69. The highest BCUT2D eigenvalue weighted by molar-refractivity contribution is 6.30. The Morgan fingerprint density at radius 2 is 2.35 bits per heavy atom. The monoisotopic (exact) mass is 258 g/mol. The maximum atomic E-state index is 13.4. The molecule has 5 heteroatoms. The van der Waals surface area contributed by atoms with Gasteiger partial charge in [-0.2, -0.15) is 0 Å². The number of ether oxygens (including phenoxy) is 1. The van der Waals surface area contributed by atoms with Gasteiger partial charge < -0.3 is 4.74 Å². The van der Waals surface area contributed by atoms with E-state index in [9.17, 15) is 4.39 Å². The summed E-state index contributed by atoms with van der Waals surface area (Å²) >= 11 is 5.66. The van der Waals surface area contributed by atoms with Crippen LogP contribution in [0, 0.1) is 11.7 Å². The molecule has 1 saturated heterocycles. The van der Waals surface area contributed by atoms with Crippen LogP contribution in [0.15, 0.2) is 18.2 Å². The molecule has 0 saturated carbocycles. The van der Waals surface area contributed by atoms with Crippen LogP contribution in [0.25, 0.3) is 0 Å².